The van der Waals surface area contributed by atoms with Crippen molar-refractivity contribution in [3.8, 4) is 11.8 Å². The quantitative estimate of drug-likeness (QED) is 0.549. The first kappa shape index (κ1) is 11.1. The zero-order valence-corrected chi connectivity index (χ0v) is 9.14. The number of alkyl halides is 1. The van der Waals surface area contributed by atoms with Crippen molar-refractivity contribution in [1.29, 1.82) is 0 Å². The zero-order chi connectivity index (χ0) is 10.2. The number of halogens is 1. The van der Waals surface area contributed by atoms with E-state index in [1.54, 1.807) is 0 Å². The lowest BCUT2D eigenvalue weighted by atomic mass is 10.2. The Morgan fingerprint density at radius 3 is 2.79 bits per heavy atom. The summed E-state index contributed by atoms with van der Waals surface area (Å²) in [6.07, 6.45) is 4.43. The Hall–Kier alpha value is -1.000. The summed E-state index contributed by atoms with van der Waals surface area (Å²) in [5, 5.41) is 0. The Balaban J connectivity index is 2.49. The van der Waals surface area contributed by atoms with Crippen molar-refractivity contribution in [2.24, 2.45) is 0 Å². The topological polar surface area (TPSA) is 12.9 Å². The second-order valence-corrected chi connectivity index (χ2v) is 3.36. The van der Waals surface area contributed by atoms with E-state index in [1.807, 2.05) is 12.3 Å². The minimum absolute atomic E-state index is 0.606. The van der Waals surface area contributed by atoms with Crippen molar-refractivity contribution in [3.63, 3.8) is 0 Å². The molecule has 1 aromatic rings. The molecule has 0 aliphatic heterocycles. The highest BCUT2D eigenvalue weighted by Gasteiger charge is 1.91. The second-order valence-electron chi connectivity index (χ2n) is 2.98. The number of pyridine rings is 1. The van der Waals surface area contributed by atoms with E-state index in [-0.39, 0.29) is 0 Å². The molecule has 14 heavy (non-hydrogen) atoms. The second kappa shape index (κ2) is 6.45. The molecule has 0 aliphatic carbocycles. The molecule has 0 spiro atoms. The summed E-state index contributed by atoms with van der Waals surface area (Å²) in [6, 6.07) is 4.14. The van der Waals surface area contributed by atoms with E-state index < -0.39 is 0 Å². The maximum absolute atomic E-state index is 5.50. The van der Waals surface area contributed by atoms with Crippen LogP contribution in [0.3, 0.4) is 0 Å². The molecule has 2 heteroatoms. The van der Waals surface area contributed by atoms with Crippen LogP contribution in [-0.2, 0) is 12.8 Å². The fourth-order valence-electron chi connectivity index (χ4n) is 1.06. The lowest BCUT2D eigenvalue weighted by Crippen LogP contribution is -1.89. The highest BCUT2D eigenvalue weighted by molar-refractivity contribution is 6.18. The first-order valence-electron chi connectivity index (χ1n) is 4.82. The maximum Gasteiger partial charge on any atom is 0.0522 e. The van der Waals surface area contributed by atoms with Gasteiger partial charge in [0.15, 0.2) is 0 Å². The SMILES string of the molecule is CCc1ccc(CC#CCCCl)nc1. The number of nitrogens with zero attached hydrogens (tertiary/aromatic N) is 1. The van der Waals surface area contributed by atoms with E-state index in [0.29, 0.717) is 5.88 Å². The summed E-state index contributed by atoms with van der Waals surface area (Å²) in [5.41, 5.74) is 2.30. The molecule has 1 aromatic heterocycles. The molecule has 0 amide bonds. The fraction of sp³-hybridized carbons (Fsp3) is 0.417. The van der Waals surface area contributed by atoms with Crippen LogP contribution in [0.4, 0.5) is 0 Å². The van der Waals surface area contributed by atoms with Gasteiger partial charge in [0.05, 0.1) is 12.1 Å². The van der Waals surface area contributed by atoms with Gasteiger partial charge in [-0.25, -0.2) is 0 Å². The normalized spacial score (nSPS) is 9.29. The summed E-state index contributed by atoms with van der Waals surface area (Å²) in [6.45, 7) is 2.12. The van der Waals surface area contributed by atoms with Gasteiger partial charge in [0, 0.05) is 18.5 Å². The lowest BCUT2D eigenvalue weighted by Gasteiger charge is -1.96. The van der Waals surface area contributed by atoms with Gasteiger partial charge in [-0.05, 0) is 18.1 Å². The molecule has 74 valence electrons. The summed E-state index contributed by atoms with van der Waals surface area (Å²) in [7, 11) is 0. The van der Waals surface area contributed by atoms with E-state index in [9.17, 15) is 0 Å². The van der Waals surface area contributed by atoms with Crippen molar-refractivity contribution >= 4 is 11.6 Å². The van der Waals surface area contributed by atoms with E-state index >= 15 is 0 Å². The van der Waals surface area contributed by atoms with Crippen molar-refractivity contribution in [2.75, 3.05) is 5.88 Å². The van der Waals surface area contributed by atoms with E-state index in [2.05, 4.69) is 29.8 Å². The molecule has 0 fully saturated rings. The standard InChI is InChI=1S/C12H14ClN/c1-2-11-7-8-12(14-10-11)6-4-3-5-9-13/h7-8,10H,2,5-6,9H2,1H3. The van der Waals surface area contributed by atoms with Crippen molar-refractivity contribution in [3.05, 3.63) is 29.6 Å². The molecule has 1 rings (SSSR count). The average molecular weight is 208 g/mol. The third-order valence-electron chi connectivity index (χ3n) is 1.91. The number of aryl methyl sites for hydroxylation is 1. The highest BCUT2D eigenvalue weighted by atomic mass is 35.5. The molecule has 0 N–H and O–H groups in total. The molecule has 0 atom stereocenters. The number of hydrogen-bond donors (Lipinski definition) is 0. The van der Waals surface area contributed by atoms with E-state index in [0.717, 1.165) is 25.0 Å². The summed E-state index contributed by atoms with van der Waals surface area (Å²) in [5.74, 6) is 6.64. The zero-order valence-electron chi connectivity index (χ0n) is 8.39. The summed E-state index contributed by atoms with van der Waals surface area (Å²) in [4.78, 5) is 4.31. The number of rotatable bonds is 3. The molecular weight excluding hydrogens is 194 g/mol. The third-order valence-corrected chi connectivity index (χ3v) is 2.10. The van der Waals surface area contributed by atoms with Gasteiger partial charge in [-0.15, -0.1) is 17.5 Å². The van der Waals surface area contributed by atoms with E-state index in [1.165, 1.54) is 5.56 Å². The summed E-state index contributed by atoms with van der Waals surface area (Å²) < 4.78 is 0. The van der Waals surface area contributed by atoms with Gasteiger partial charge in [0.25, 0.3) is 0 Å². The minimum Gasteiger partial charge on any atom is -0.260 e. The lowest BCUT2D eigenvalue weighted by molar-refractivity contribution is 1.05. The van der Waals surface area contributed by atoms with Gasteiger partial charge in [-0.3, -0.25) is 4.98 Å². The Bertz CT molecular complexity index is 318. The Labute approximate surface area is 90.5 Å². The van der Waals surface area contributed by atoms with E-state index in [4.69, 9.17) is 11.6 Å². The van der Waals surface area contributed by atoms with Gasteiger partial charge in [0.2, 0.25) is 0 Å². The van der Waals surface area contributed by atoms with Crippen molar-refractivity contribution < 1.29 is 0 Å². The first-order chi connectivity index (χ1) is 6.86. The van der Waals surface area contributed by atoms with Crippen molar-refractivity contribution in [2.45, 2.75) is 26.2 Å². The van der Waals surface area contributed by atoms with Crippen LogP contribution in [-0.4, -0.2) is 10.9 Å². The highest BCUT2D eigenvalue weighted by Crippen LogP contribution is 2.01. The van der Waals surface area contributed by atoms with Crippen LogP contribution >= 0.6 is 11.6 Å². The molecular formula is C12H14ClN. The monoisotopic (exact) mass is 207 g/mol. The molecule has 0 saturated carbocycles. The molecule has 0 aliphatic rings. The number of aromatic nitrogens is 1. The summed E-state index contributed by atoms with van der Waals surface area (Å²) >= 11 is 5.50. The molecule has 1 heterocycles. The van der Waals surface area contributed by atoms with Gasteiger partial charge < -0.3 is 0 Å². The van der Waals surface area contributed by atoms with Crippen LogP contribution in [0.5, 0.6) is 0 Å². The number of hydrogen-bond acceptors (Lipinski definition) is 1. The first-order valence-corrected chi connectivity index (χ1v) is 5.35. The fourth-order valence-corrected chi connectivity index (χ4v) is 1.15. The van der Waals surface area contributed by atoms with Crippen LogP contribution in [0.15, 0.2) is 18.3 Å². The average Bonchev–Trinajstić information content (AvgIpc) is 2.25. The third kappa shape index (κ3) is 3.81. The minimum atomic E-state index is 0.606. The van der Waals surface area contributed by atoms with Crippen LogP contribution in [0.25, 0.3) is 0 Å². The van der Waals surface area contributed by atoms with Crippen molar-refractivity contribution in [1.82, 2.24) is 4.98 Å². The molecule has 0 unspecified atom stereocenters. The van der Waals surface area contributed by atoms with Crippen LogP contribution in [0, 0.1) is 11.8 Å². The predicted molar refractivity (Wildman–Crippen MR) is 60.4 cm³/mol. The molecule has 0 radical (unpaired) electrons. The van der Waals surface area contributed by atoms with Gasteiger partial charge in [-0.1, -0.05) is 18.9 Å². The Morgan fingerprint density at radius 2 is 2.21 bits per heavy atom. The maximum atomic E-state index is 5.50. The molecule has 0 saturated heterocycles. The van der Waals surface area contributed by atoms with Gasteiger partial charge in [-0.2, -0.15) is 0 Å². The van der Waals surface area contributed by atoms with Gasteiger partial charge in [0.1, 0.15) is 0 Å². The Kier molecular flexibility index (Phi) is 5.11. The largest absolute Gasteiger partial charge is 0.260 e. The van der Waals surface area contributed by atoms with Crippen LogP contribution in [0.2, 0.25) is 0 Å². The molecule has 0 aromatic carbocycles. The van der Waals surface area contributed by atoms with Crippen LogP contribution < -0.4 is 0 Å². The molecule has 1 nitrogen and oxygen atoms in total. The molecule has 0 bridgehead atoms. The smallest absolute Gasteiger partial charge is 0.0522 e. The van der Waals surface area contributed by atoms with Crippen LogP contribution in [0.1, 0.15) is 24.6 Å². The van der Waals surface area contributed by atoms with Gasteiger partial charge >= 0.3 is 0 Å². The Morgan fingerprint density at radius 1 is 1.36 bits per heavy atom. The predicted octanol–water partition coefficient (Wildman–Crippen LogP) is 2.82.